The molecule has 1 unspecified atom stereocenters. The summed E-state index contributed by atoms with van der Waals surface area (Å²) in [6.45, 7) is 7.64. The number of carbonyl (C=O) groups is 1. The molecule has 1 saturated heterocycles. The van der Waals surface area contributed by atoms with Crippen LogP contribution in [-0.4, -0.2) is 60.5 Å². The third kappa shape index (κ3) is 4.51. The molecule has 1 aliphatic rings. The van der Waals surface area contributed by atoms with Gasteiger partial charge in [-0.15, -0.1) is 0 Å². The van der Waals surface area contributed by atoms with Crippen molar-refractivity contribution in [2.24, 2.45) is 0 Å². The van der Waals surface area contributed by atoms with Gasteiger partial charge in [-0.3, -0.25) is 9.78 Å². The first-order valence-corrected chi connectivity index (χ1v) is 7.53. The van der Waals surface area contributed by atoms with Crippen molar-refractivity contribution in [3.63, 3.8) is 0 Å². The van der Waals surface area contributed by atoms with Crippen LogP contribution in [0.15, 0.2) is 12.3 Å². The summed E-state index contributed by atoms with van der Waals surface area (Å²) in [5.74, 6) is 0.113. The van der Waals surface area contributed by atoms with Crippen LogP contribution in [-0.2, 0) is 11.3 Å². The van der Waals surface area contributed by atoms with Crippen LogP contribution >= 0.6 is 0 Å². The minimum Gasteiger partial charge on any atom is -0.352 e. The van der Waals surface area contributed by atoms with Crippen molar-refractivity contribution in [3.05, 3.63) is 29.1 Å². The first-order valence-electron chi connectivity index (χ1n) is 7.53. The number of hydrogen-bond acceptors (Lipinski definition) is 4. The minimum absolute atomic E-state index is 0.113. The van der Waals surface area contributed by atoms with Crippen molar-refractivity contribution in [2.45, 2.75) is 32.9 Å². The molecule has 1 aromatic rings. The molecule has 1 fully saturated rings. The Morgan fingerprint density at radius 3 is 2.86 bits per heavy atom. The fourth-order valence-corrected chi connectivity index (χ4v) is 2.71. The van der Waals surface area contributed by atoms with E-state index in [4.69, 9.17) is 0 Å². The van der Waals surface area contributed by atoms with Crippen LogP contribution in [0.3, 0.4) is 0 Å². The zero-order valence-corrected chi connectivity index (χ0v) is 13.5. The molecule has 116 valence electrons. The standard InChI is InChI=1S/C16H26N4O/c1-12-7-13(2)17-9-14(12)10-18-16(21)8-15-11-19(3)5-6-20(15)4/h7,9,15H,5-6,8,10-11H2,1-4H3,(H,18,21). The molecule has 1 N–H and O–H groups in total. The summed E-state index contributed by atoms with van der Waals surface area (Å²) in [4.78, 5) is 21.0. The average Bonchev–Trinajstić information content (AvgIpc) is 2.42. The second kappa shape index (κ2) is 7.00. The highest BCUT2D eigenvalue weighted by atomic mass is 16.1. The molecule has 0 radical (unpaired) electrons. The summed E-state index contributed by atoms with van der Waals surface area (Å²) in [6, 6.07) is 2.35. The Balaban J connectivity index is 1.84. The molecule has 1 aromatic heterocycles. The van der Waals surface area contributed by atoms with E-state index in [0.29, 0.717) is 19.0 Å². The average molecular weight is 290 g/mol. The van der Waals surface area contributed by atoms with Crippen LogP contribution in [0.2, 0.25) is 0 Å². The third-order valence-corrected chi connectivity index (χ3v) is 4.23. The van der Waals surface area contributed by atoms with Crippen molar-refractivity contribution >= 4 is 5.91 Å². The minimum atomic E-state index is 0.113. The van der Waals surface area contributed by atoms with Gasteiger partial charge in [0, 0.05) is 50.5 Å². The largest absolute Gasteiger partial charge is 0.352 e. The molecule has 0 spiro atoms. The molecule has 1 atom stereocenters. The predicted molar refractivity (Wildman–Crippen MR) is 84.1 cm³/mol. The molecular weight excluding hydrogens is 264 g/mol. The smallest absolute Gasteiger partial charge is 0.221 e. The number of nitrogens with one attached hydrogen (secondary N) is 1. The Morgan fingerprint density at radius 2 is 2.14 bits per heavy atom. The Kier molecular flexibility index (Phi) is 5.31. The second-order valence-electron chi connectivity index (χ2n) is 6.13. The zero-order valence-electron chi connectivity index (χ0n) is 13.5. The van der Waals surface area contributed by atoms with Crippen LogP contribution in [0, 0.1) is 13.8 Å². The van der Waals surface area contributed by atoms with Crippen molar-refractivity contribution in [2.75, 3.05) is 33.7 Å². The van der Waals surface area contributed by atoms with Gasteiger partial charge in [-0.05, 0) is 45.1 Å². The van der Waals surface area contributed by atoms with Gasteiger partial charge in [-0.25, -0.2) is 0 Å². The van der Waals surface area contributed by atoms with E-state index < -0.39 is 0 Å². The fourth-order valence-electron chi connectivity index (χ4n) is 2.71. The summed E-state index contributed by atoms with van der Waals surface area (Å²) >= 11 is 0. The van der Waals surface area contributed by atoms with Gasteiger partial charge in [-0.2, -0.15) is 0 Å². The number of aryl methyl sites for hydroxylation is 2. The molecule has 0 aromatic carbocycles. The lowest BCUT2D eigenvalue weighted by Crippen LogP contribution is -2.51. The van der Waals surface area contributed by atoms with Gasteiger partial charge >= 0.3 is 0 Å². The topological polar surface area (TPSA) is 48.5 Å². The van der Waals surface area contributed by atoms with Crippen molar-refractivity contribution < 1.29 is 4.79 Å². The maximum Gasteiger partial charge on any atom is 0.221 e. The molecule has 1 aliphatic heterocycles. The third-order valence-electron chi connectivity index (χ3n) is 4.23. The molecule has 0 bridgehead atoms. The van der Waals surface area contributed by atoms with E-state index >= 15 is 0 Å². The summed E-state index contributed by atoms with van der Waals surface area (Å²) < 4.78 is 0. The van der Waals surface area contributed by atoms with E-state index in [1.54, 1.807) is 0 Å². The first-order chi connectivity index (χ1) is 9.95. The summed E-state index contributed by atoms with van der Waals surface area (Å²) in [6.07, 6.45) is 2.41. The lowest BCUT2D eigenvalue weighted by molar-refractivity contribution is -0.122. The monoisotopic (exact) mass is 290 g/mol. The van der Waals surface area contributed by atoms with Crippen LogP contribution in [0.5, 0.6) is 0 Å². The Morgan fingerprint density at radius 1 is 1.38 bits per heavy atom. The lowest BCUT2D eigenvalue weighted by Gasteiger charge is -2.37. The SMILES string of the molecule is Cc1cc(C)c(CNC(=O)CC2CN(C)CCN2C)cn1. The van der Waals surface area contributed by atoms with Gasteiger partial charge in [0.1, 0.15) is 0 Å². The summed E-state index contributed by atoms with van der Waals surface area (Å²) in [7, 11) is 4.21. The van der Waals surface area contributed by atoms with Crippen molar-refractivity contribution in [1.82, 2.24) is 20.1 Å². The van der Waals surface area contributed by atoms with E-state index in [1.807, 2.05) is 19.2 Å². The number of rotatable bonds is 4. The number of hydrogen-bond donors (Lipinski definition) is 1. The van der Waals surface area contributed by atoms with Gasteiger partial charge in [0.2, 0.25) is 5.91 Å². The number of piperazine rings is 1. The van der Waals surface area contributed by atoms with E-state index in [-0.39, 0.29) is 5.91 Å². The normalized spacial score (nSPS) is 20.5. The Hall–Kier alpha value is -1.46. The van der Waals surface area contributed by atoms with E-state index in [2.05, 4.69) is 41.1 Å². The maximum absolute atomic E-state index is 12.1. The molecular formula is C16H26N4O. The number of amides is 1. The molecule has 5 heteroatoms. The Bertz CT molecular complexity index is 503. The summed E-state index contributed by atoms with van der Waals surface area (Å²) in [5.41, 5.74) is 3.27. The number of nitrogens with zero attached hydrogens (tertiary/aromatic N) is 3. The van der Waals surface area contributed by atoms with E-state index in [1.165, 1.54) is 5.56 Å². The highest BCUT2D eigenvalue weighted by Gasteiger charge is 2.24. The molecule has 0 saturated carbocycles. The maximum atomic E-state index is 12.1. The van der Waals surface area contributed by atoms with Crippen LogP contribution < -0.4 is 5.32 Å². The second-order valence-corrected chi connectivity index (χ2v) is 6.13. The van der Waals surface area contributed by atoms with Crippen LogP contribution in [0.25, 0.3) is 0 Å². The van der Waals surface area contributed by atoms with Gasteiger partial charge in [0.05, 0.1) is 0 Å². The predicted octanol–water partition coefficient (Wildman–Crippen LogP) is 0.951. The van der Waals surface area contributed by atoms with Crippen LogP contribution in [0.4, 0.5) is 0 Å². The number of aromatic nitrogens is 1. The lowest BCUT2D eigenvalue weighted by atomic mass is 10.1. The number of likely N-dealkylation sites (N-methyl/N-ethyl adjacent to an activating group) is 2. The van der Waals surface area contributed by atoms with Gasteiger partial charge in [0.15, 0.2) is 0 Å². The van der Waals surface area contributed by atoms with Crippen molar-refractivity contribution in [3.8, 4) is 0 Å². The first kappa shape index (κ1) is 15.9. The van der Waals surface area contributed by atoms with Gasteiger partial charge in [0.25, 0.3) is 0 Å². The van der Waals surface area contributed by atoms with E-state index in [0.717, 1.165) is 30.9 Å². The fraction of sp³-hybridized carbons (Fsp3) is 0.625. The number of pyridine rings is 1. The summed E-state index contributed by atoms with van der Waals surface area (Å²) in [5, 5.41) is 3.02. The van der Waals surface area contributed by atoms with E-state index in [9.17, 15) is 4.79 Å². The Labute approximate surface area is 127 Å². The highest BCUT2D eigenvalue weighted by Crippen LogP contribution is 2.10. The van der Waals surface area contributed by atoms with Gasteiger partial charge in [-0.1, -0.05) is 0 Å². The van der Waals surface area contributed by atoms with Crippen LogP contribution in [0.1, 0.15) is 23.2 Å². The molecule has 2 rings (SSSR count). The molecule has 5 nitrogen and oxygen atoms in total. The molecule has 2 heterocycles. The quantitative estimate of drug-likeness (QED) is 0.897. The van der Waals surface area contributed by atoms with Gasteiger partial charge < -0.3 is 15.1 Å². The molecule has 0 aliphatic carbocycles. The highest BCUT2D eigenvalue weighted by molar-refractivity contribution is 5.76. The van der Waals surface area contributed by atoms with Crippen molar-refractivity contribution in [1.29, 1.82) is 0 Å². The molecule has 1 amide bonds. The zero-order chi connectivity index (χ0) is 15.4. The number of carbonyl (C=O) groups excluding carboxylic acids is 1. The molecule has 21 heavy (non-hydrogen) atoms.